The van der Waals surface area contributed by atoms with Crippen LogP contribution in [0.2, 0.25) is 5.02 Å². The third kappa shape index (κ3) is 5.52. The Balaban J connectivity index is 1.67. The predicted molar refractivity (Wildman–Crippen MR) is 116 cm³/mol. The van der Waals surface area contributed by atoms with E-state index in [1.807, 2.05) is 67.6 Å². The Kier molecular flexibility index (Phi) is 7.14. The monoisotopic (exact) mass is 409 g/mol. The van der Waals surface area contributed by atoms with Crippen LogP contribution in [0.5, 0.6) is 11.5 Å². The van der Waals surface area contributed by atoms with Gasteiger partial charge in [-0.15, -0.1) is 0 Å². The third-order valence-corrected chi connectivity index (χ3v) is 5.05. The van der Waals surface area contributed by atoms with E-state index < -0.39 is 0 Å². The number of carbonyl (C=O) groups excluding carboxylic acids is 1. The van der Waals surface area contributed by atoms with E-state index in [4.69, 9.17) is 21.1 Å². The zero-order valence-electron chi connectivity index (χ0n) is 16.5. The summed E-state index contributed by atoms with van der Waals surface area (Å²) < 4.78 is 11.0. The summed E-state index contributed by atoms with van der Waals surface area (Å²) >= 11 is 6.17. The maximum absolute atomic E-state index is 12.8. The Bertz CT molecular complexity index is 956. The maximum atomic E-state index is 12.8. The molecule has 5 heteroatoms. The fourth-order valence-electron chi connectivity index (χ4n) is 3.00. The van der Waals surface area contributed by atoms with Crippen LogP contribution in [0.1, 0.15) is 40.9 Å². The molecule has 0 heterocycles. The molecular weight excluding hydrogens is 386 g/mol. The Morgan fingerprint density at radius 2 is 1.76 bits per heavy atom. The molecule has 4 nitrogen and oxygen atoms in total. The van der Waals surface area contributed by atoms with E-state index in [0.717, 1.165) is 23.3 Å². The number of amides is 1. The van der Waals surface area contributed by atoms with Crippen LogP contribution in [0.3, 0.4) is 0 Å². The standard InChI is InChI=1S/C24H24ClNO3/c1-3-23(17-11-13-20(28-2)14-12-17)26-24(27)18-8-6-9-21(15-18)29-16-19-7-4-5-10-22(19)25/h4-15,23H,3,16H2,1-2H3,(H,26,27). The van der Waals surface area contributed by atoms with Crippen LogP contribution in [0.4, 0.5) is 0 Å². The van der Waals surface area contributed by atoms with Crippen molar-refractivity contribution in [3.63, 3.8) is 0 Å². The lowest BCUT2D eigenvalue weighted by Crippen LogP contribution is -2.28. The summed E-state index contributed by atoms with van der Waals surface area (Å²) in [5, 5.41) is 3.75. The SMILES string of the molecule is CCC(NC(=O)c1cccc(OCc2ccccc2Cl)c1)c1ccc(OC)cc1. The molecule has 3 aromatic rings. The van der Waals surface area contributed by atoms with Gasteiger partial charge in [0.15, 0.2) is 0 Å². The number of benzene rings is 3. The van der Waals surface area contributed by atoms with Gasteiger partial charge in [-0.3, -0.25) is 4.79 Å². The average molecular weight is 410 g/mol. The molecule has 1 atom stereocenters. The van der Waals surface area contributed by atoms with Crippen LogP contribution in [0.15, 0.2) is 72.8 Å². The largest absolute Gasteiger partial charge is 0.497 e. The molecule has 1 N–H and O–H groups in total. The van der Waals surface area contributed by atoms with Crippen LogP contribution in [-0.4, -0.2) is 13.0 Å². The molecule has 0 saturated carbocycles. The molecule has 0 aliphatic rings. The summed E-state index contributed by atoms with van der Waals surface area (Å²) in [5.74, 6) is 1.27. The second kappa shape index (κ2) is 9.99. The first-order valence-electron chi connectivity index (χ1n) is 9.51. The van der Waals surface area contributed by atoms with Gasteiger partial charge >= 0.3 is 0 Å². The fraction of sp³-hybridized carbons (Fsp3) is 0.208. The molecule has 1 amide bonds. The summed E-state index contributed by atoms with van der Waals surface area (Å²) in [6, 6.07) is 22.3. The van der Waals surface area contributed by atoms with Gasteiger partial charge in [0.25, 0.3) is 5.91 Å². The highest BCUT2D eigenvalue weighted by atomic mass is 35.5. The van der Waals surface area contributed by atoms with Gasteiger partial charge in [0.05, 0.1) is 13.2 Å². The topological polar surface area (TPSA) is 47.6 Å². The molecule has 0 aromatic heterocycles. The van der Waals surface area contributed by atoms with Crippen molar-refractivity contribution in [1.29, 1.82) is 0 Å². The van der Waals surface area contributed by atoms with Gasteiger partial charge in [0.2, 0.25) is 0 Å². The first-order chi connectivity index (χ1) is 14.1. The number of nitrogens with one attached hydrogen (secondary N) is 1. The summed E-state index contributed by atoms with van der Waals surface area (Å²) in [7, 11) is 1.63. The second-order valence-corrected chi connectivity index (χ2v) is 7.02. The minimum atomic E-state index is -0.143. The Morgan fingerprint density at radius 3 is 2.45 bits per heavy atom. The van der Waals surface area contributed by atoms with Crippen LogP contribution < -0.4 is 14.8 Å². The highest BCUT2D eigenvalue weighted by Gasteiger charge is 2.15. The maximum Gasteiger partial charge on any atom is 0.251 e. The van der Waals surface area contributed by atoms with Gasteiger partial charge < -0.3 is 14.8 Å². The van der Waals surface area contributed by atoms with Gasteiger partial charge in [-0.2, -0.15) is 0 Å². The molecule has 1 unspecified atom stereocenters. The van der Waals surface area contributed by atoms with Crippen molar-refractivity contribution in [2.24, 2.45) is 0 Å². The lowest BCUT2D eigenvalue weighted by atomic mass is 10.0. The van der Waals surface area contributed by atoms with Gasteiger partial charge in [-0.05, 0) is 48.4 Å². The molecule has 0 aliphatic heterocycles. The second-order valence-electron chi connectivity index (χ2n) is 6.62. The fourth-order valence-corrected chi connectivity index (χ4v) is 3.19. The molecule has 29 heavy (non-hydrogen) atoms. The number of ether oxygens (including phenoxy) is 2. The lowest BCUT2D eigenvalue weighted by Gasteiger charge is -2.18. The van der Waals surface area contributed by atoms with Crippen molar-refractivity contribution in [1.82, 2.24) is 5.32 Å². The molecular formula is C24H24ClNO3. The highest BCUT2D eigenvalue weighted by molar-refractivity contribution is 6.31. The summed E-state index contributed by atoms with van der Waals surface area (Å²) in [6.07, 6.45) is 0.779. The van der Waals surface area contributed by atoms with Crippen molar-refractivity contribution >= 4 is 17.5 Å². The number of hydrogen-bond acceptors (Lipinski definition) is 3. The number of halogens is 1. The van der Waals surface area contributed by atoms with Crippen LogP contribution in [0.25, 0.3) is 0 Å². The minimum Gasteiger partial charge on any atom is -0.497 e. The van der Waals surface area contributed by atoms with E-state index >= 15 is 0 Å². The number of hydrogen-bond donors (Lipinski definition) is 1. The molecule has 3 rings (SSSR count). The van der Waals surface area contributed by atoms with Crippen LogP contribution >= 0.6 is 11.6 Å². The minimum absolute atomic E-state index is 0.0823. The predicted octanol–water partition coefficient (Wildman–Crippen LogP) is 5.81. The zero-order valence-corrected chi connectivity index (χ0v) is 17.3. The number of rotatable bonds is 8. The molecule has 0 saturated heterocycles. The van der Waals surface area contributed by atoms with Gasteiger partial charge in [-0.1, -0.05) is 54.9 Å². The lowest BCUT2D eigenvalue weighted by molar-refractivity contribution is 0.0935. The molecule has 0 bridgehead atoms. The van der Waals surface area contributed by atoms with E-state index in [9.17, 15) is 4.79 Å². The summed E-state index contributed by atoms with van der Waals surface area (Å²) in [6.45, 7) is 2.38. The van der Waals surface area contributed by atoms with E-state index in [1.165, 1.54) is 0 Å². The van der Waals surface area contributed by atoms with E-state index in [0.29, 0.717) is 22.9 Å². The number of carbonyl (C=O) groups is 1. The molecule has 0 fully saturated rings. The Labute approximate surface area is 176 Å². The Morgan fingerprint density at radius 1 is 1.00 bits per heavy atom. The molecule has 0 aliphatic carbocycles. The molecule has 150 valence electrons. The van der Waals surface area contributed by atoms with Crippen LogP contribution in [0, 0.1) is 0 Å². The van der Waals surface area contributed by atoms with E-state index in [2.05, 4.69) is 5.32 Å². The van der Waals surface area contributed by atoms with Crippen molar-refractivity contribution < 1.29 is 14.3 Å². The van der Waals surface area contributed by atoms with Crippen molar-refractivity contribution in [2.45, 2.75) is 26.0 Å². The molecule has 0 spiro atoms. The number of methoxy groups -OCH3 is 1. The first kappa shape index (κ1) is 20.7. The normalized spacial score (nSPS) is 11.6. The smallest absolute Gasteiger partial charge is 0.251 e. The zero-order chi connectivity index (χ0) is 20.6. The highest BCUT2D eigenvalue weighted by Crippen LogP contribution is 2.22. The molecule has 3 aromatic carbocycles. The van der Waals surface area contributed by atoms with Gasteiger partial charge in [-0.25, -0.2) is 0 Å². The Hall–Kier alpha value is -2.98. The third-order valence-electron chi connectivity index (χ3n) is 4.68. The van der Waals surface area contributed by atoms with Crippen LogP contribution in [-0.2, 0) is 6.61 Å². The van der Waals surface area contributed by atoms with Crippen molar-refractivity contribution in [2.75, 3.05) is 7.11 Å². The van der Waals surface area contributed by atoms with E-state index in [-0.39, 0.29) is 11.9 Å². The quantitative estimate of drug-likeness (QED) is 0.510. The summed E-state index contributed by atoms with van der Waals surface area (Å²) in [5.41, 5.74) is 2.48. The average Bonchev–Trinajstić information content (AvgIpc) is 2.77. The van der Waals surface area contributed by atoms with E-state index in [1.54, 1.807) is 19.2 Å². The van der Waals surface area contributed by atoms with Crippen molar-refractivity contribution in [3.05, 3.63) is 94.5 Å². The van der Waals surface area contributed by atoms with Gasteiger partial charge in [0, 0.05) is 16.1 Å². The first-order valence-corrected chi connectivity index (χ1v) is 9.89. The molecule has 0 radical (unpaired) electrons. The summed E-state index contributed by atoms with van der Waals surface area (Å²) in [4.78, 5) is 12.8. The van der Waals surface area contributed by atoms with Crippen molar-refractivity contribution in [3.8, 4) is 11.5 Å². The van der Waals surface area contributed by atoms with Gasteiger partial charge in [0.1, 0.15) is 18.1 Å².